The molecule has 0 spiro atoms. The number of carbonyl (C=O) groups excluding carboxylic acids is 1. The van der Waals surface area contributed by atoms with Gasteiger partial charge in [0.15, 0.2) is 5.78 Å². The van der Waals surface area contributed by atoms with Crippen LogP contribution >= 0.6 is 0 Å². The number of nitrogens with one attached hydrogen (secondary N) is 1. The van der Waals surface area contributed by atoms with E-state index in [9.17, 15) is 4.79 Å². The van der Waals surface area contributed by atoms with Gasteiger partial charge in [0, 0.05) is 12.1 Å². The van der Waals surface area contributed by atoms with Crippen LogP contribution < -0.4 is 10.1 Å². The summed E-state index contributed by atoms with van der Waals surface area (Å²) in [6, 6.07) is 7.63. The Hall–Kier alpha value is -1.51. The van der Waals surface area contributed by atoms with Crippen molar-refractivity contribution in [2.75, 3.05) is 19.0 Å². The Bertz CT molecular complexity index is 373. The van der Waals surface area contributed by atoms with E-state index in [2.05, 4.69) is 12.2 Å². The molecule has 3 nitrogen and oxygen atoms in total. The number of hydrogen-bond acceptors (Lipinski definition) is 3. The number of ether oxygens (including phenoxy) is 1. The molecular formula is C17H27NO2. The van der Waals surface area contributed by atoms with Crippen molar-refractivity contribution in [1.82, 2.24) is 0 Å². The zero-order chi connectivity index (χ0) is 14.6. The highest BCUT2D eigenvalue weighted by Gasteiger charge is 2.02. The third kappa shape index (κ3) is 7.17. The molecule has 1 aromatic carbocycles. The van der Waals surface area contributed by atoms with Gasteiger partial charge < -0.3 is 10.1 Å². The molecule has 0 radical (unpaired) electrons. The fourth-order valence-corrected chi connectivity index (χ4v) is 2.10. The summed E-state index contributed by atoms with van der Waals surface area (Å²) in [5, 5.41) is 3.15. The lowest BCUT2D eigenvalue weighted by molar-refractivity contribution is -0.117. The van der Waals surface area contributed by atoms with Crippen LogP contribution in [0.25, 0.3) is 0 Å². The summed E-state index contributed by atoms with van der Waals surface area (Å²) < 4.78 is 5.09. The second-order valence-corrected chi connectivity index (χ2v) is 5.14. The number of methoxy groups -OCH3 is 1. The number of unbranched alkanes of at least 4 members (excludes halogenated alkanes) is 5. The Morgan fingerprint density at radius 1 is 1.05 bits per heavy atom. The first-order chi connectivity index (χ1) is 9.76. The maximum Gasteiger partial charge on any atom is 0.151 e. The topological polar surface area (TPSA) is 38.3 Å². The van der Waals surface area contributed by atoms with Gasteiger partial charge >= 0.3 is 0 Å². The molecule has 20 heavy (non-hydrogen) atoms. The Balaban J connectivity index is 2.10. The SMILES string of the molecule is CCCCCCCCC(=O)CNc1ccc(OC)cc1. The molecule has 1 N–H and O–H groups in total. The van der Waals surface area contributed by atoms with Crippen molar-refractivity contribution in [3.8, 4) is 5.75 Å². The van der Waals surface area contributed by atoms with Crippen LogP contribution in [-0.2, 0) is 4.79 Å². The molecule has 3 heteroatoms. The minimum absolute atomic E-state index is 0.288. The van der Waals surface area contributed by atoms with E-state index in [0.717, 1.165) is 17.9 Å². The van der Waals surface area contributed by atoms with Crippen molar-refractivity contribution >= 4 is 11.5 Å². The Kier molecular flexibility index (Phi) is 8.52. The van der Waals surface area contributed by atoms with Gasteiger partial charge in [-0.3, -0.25) is 4.79 Å². The van der Waals surface area contributed by atoms with Crippen LogP contribution in [0.1, 0.15) is 51.9 Å². The molecule has 0 aliphatic rings. The number of Topliss-reactive ketones (excluding diaryl/α,β-unsaturated/α-hetero) is 1. The standard InChI is InChI=1S/C17H27NO2/c1-3-4-5-6-7-8-9-16(19)14-18-15-10-12-17(20-2)13-11-15/h10-13,18H,3-9,14H2,1-2H3. The zero-order valence-electron chi connectivity index (χ0n) is 12.8. The van der Waals surface area contributed by atoms with E-state index in [1.807, 2.05) is 24.3 Å². The highest BCUT2D eigenvalue weighted by Crippen LogP contribution is 2.15. The number of carbonyl (C=O) groups is 1. The maximum absolute atomic E-state index is 11.7. The first-order valence-electron chi connectivity index (χ1n) is 7.66. The maximum atomic E-state index is 11.7. The van der Waals surface area contributed by atoms with E-state index in [1.165, 1.54) is 32.1 Å². The molecule has 0 amide bonds. The van der Waals surface area contributed by atoms with Crippen molar-refractivity contribution in [1.29, 1.82) is 0 Å². The molecule has 0 heterocycles. The molecule has 0 aliphatic heterocycles. The molecule has 0 saturated heterocycles. The molecule has 0 unspecified atom stereocenters. The lowest BCUT2D eigenvalue weighted by atomic mass is 10.1. The van der Waals surface area contributed by atoms with Crippen molar-refractivity contribution < 1.29 is 9.53 Å². The fraction of sp³-hybridized carbons (Fsp3) is 0.588. The predicted octanol–water partition coefficient (Wildman–Crippen LogP) is 4.43. The van der Waals surface area contributed by atoms with Crippen LogP contribution in [0.5, 0.6) is 5.75 Å². The highest BCUT2D eigenvalue weighted by molar-refractivity contribution is 5.82. The molecule has 1 rings (SSSR count). The Morgan fingerprint density at radius 3 is 2.35 bits per heavy atom. The number of anilines is 1. The zero-order valence-corrected chi connectivity index (χ0v) is 12.8. The van der Waals surface area contributed by atoms with Gasteiger partial charge in [0.1, 0.15) is 5.75 Å². The summed E-state index contributed by atoms with van der Waals surface area (Å²) in [6.45, 7) is 2.63. The van der Waals surface area contributed by atoms with E-state index in [4.69, 9.17) is 4.74 Å². The van der Waals surface area contributed by atoms with Crippen LogP contribution in [0.4, 0.5) is 5.69 Å². The first-order valence-corrected chi connectivity index (χ1v) is 7.66. The largest absolute Gasteiger partial charge is 0.497 e. The van der Waals surface area contributed by atoms with Crippen LogP contribution in [0.2, 0.25) is 0 Å². The minimum atomic E-state index is 0.288. The highest BCUT2D eigenvalue weighted by atomic mass is 16.5. The predicted molar refractivity (Wildman–Crippen MR) is 84.5 cm³/mol. The third-order valence-electron chi connectivity index (χ3n) is 3.39. The van der Waals surface area contributed by atoms with Gasteiger partial charge in [-0.1, -0.05) is 39.0 Å². The third-order valence-corrected chi connectivity index (χ3v) is 3.39. The van der Waals surface area contributed by atoms with Gasteiger partial charge in [-0.05, 0) is 30.7 Å². The van der Waals surface area contributed by atoms with Crippen molar-refractivity contribution in [2.24, 2.45) is 0 Å². The van der Waals surface area contributed by atoms with Crippen molar-refractivity contribution in [2.45, 2.75) is 51.9 Å². The summed E-state index contributed by atoms with van der Waals surface area (Å²) in [6.07, 6.45) is 8.02. The second-order valence-electron chi connectivity index (χ2n) is 5.14. The minimum Gasteiger partial charge on any atom is -0.497 e. The van der Waals surface area contributed by atoms with Gasteiger partial charge in [-0.25, -0.2) is 0 Å². The normalized spacial score (nSPS) is 10.3. The Morgan fingerprint density at radius 2 is 1.70 bits per heavy atom. The average Bonchev–Trinajstić information content (AvgIpc) is 2.49. The molecule has 0 aromatic heterocycles. The van der Waals surface area contributed by atoms with Crippen LogP contribution in [0.3, 0.4) is 0 Å². The van der Waals surface area contributed by atoms with E-state index in [0.29, 0.717) is 13.0 Å². The number of ketones is 1. The van der Waals surface area contributed by atoms with E-state index >= 15 is 0 Å². The summed E-state index contributed by atoms with van der Waals surface area (Å²) in [7, 11) is 1.65. The lowest BCUT2D eigenvalue weighted by Gasteiger charge is -2.07. The Labute approximate surface area is 122 Å². The van der Waals surface area contributed by atoms with Gasteiger partial charge in [-0.15, -0.1) is 0 Å². The number of hydrogen-bond donors (Lipinski definition) is 1. The van der Waals surface area contributed by atoms with Gasteiger partial charge in [0.25, 0.3) is 0 Å². The molecule has 1 aromatic rings. The quantitative estimate of drug-likeness (QED) is 0.608. The molecule has 0 atom stereocenters. The van der Waals surface area contributed by atoms with E-state index < -0.39 is 0 Å². The van der Waals surface area contributed by atoms with Gasteiger partial charge in [-0.2, -0.15) is 0 Å². The molecule has 112 valence electrons. The smallest absolute Gasteiger partial charge is 0.151 e. The van der Waals surface area contributed by atoms with Gasteiger partial charge in [0.2, 0.25) is 0 Å². The molecule has 0 saturated carbocycles. The summed E-state index contributed by atoms with van der Waals surface area (Å²) in [5.41, 5.74) is 0.960. The van der Waals surface area contributed by atoms with Crippen LogP contribution in [0, 0.1) is 0 Å². The summed E-state index contributed by atoms with van der Waals surface area (Å²) >= 11 is 0. The van der Waals surface area contributed by atoms with Gasteiger partial charge in [0.05, 0.1) is 13.7 Å². The molecule has 0 aliphatic carbocycles. The molecular weight excluding hydrogens is 250 g/mol. The van der Waals surface area contributed by atoms with Crippen LogP contribution in [0.15, 0.2) is 24.3 Å². The monoisotopic (exact) mass is 277 g/mol. The fourth-order valence-electron chi connectivity index (χ4n) is 2.10. The second kappa shape index (κ2) is 10.3. The van der Waals surface area contributed by atoms with Crippen molar-refractivity contribution in [3.63, 3.8) is 0 Å². The van der Waals surface area contributed by atoms with E-state index in [-0.39, 0.29) is 5.78 Å². The summed E-state index contributed by atoms with van der Waals surface area (Å²) in [4.78, 5) is 11.7. The lowest BCUT2D eigenvalue weighted by Crippen LogP contribution is -2.13. The molecule has 0 fully saturated rings. The average molecular weight is 277 g/mol. The first kappa shape index (κ1) is 16.5. The number of benzene rings is 1. The van der Waals surface area contributed by atoms with E-state index in [1.54, 1.807) is 7.11 Å². The number of rotatable bonds is 11. The van der Waals surface area contributed by atoms with Crippen LogP contribution in [-0.4, -0.2) is 19.4 Å². The van der Waals surface area contributed by atoms with Crippen molar-refractivity contribution in [3.05, 3.63) is 24.3 Å². The summed E-state index contributed by atoms with van der Waals surface area (Å²) in [5.74, 6) is 1.12. The molecule has 0 bridgehead atoms.